The van der Waals surface area contributed by atoms with Gasteiger partial charge in [0.05, 0.1) is 50.6 Å². The number of hydrogen-bond acceptors (Lipinski definition) is 5. The minimum Gasteiger partial charge on any atom is -0.480 e. The molecule has 2 aromatic carbocycles. The summed E-state index contributed by atoms with van der Waals surface area (Å²) in [5.74, 6) is 0.0902. The molecule has 0 amide bonds. The van der Waals surface area contributed by atoms with Gasteiger partial charge in [-0.1, -0.05) is 23.2 Å². The van der Waals surface area contributed by atoms with E-state index in [-0.39, 0.29) is 11.9 Å². The summed E-state index contributed by atoms with van der Waals surface area (Å²) >= 11 is 12.5. The molecule has 0 saturated carbocycles. The zero-order valence-electron chi connectivity index (χ0n) is 19.8. The summed E-state index contributed by atoms with van der Waals surface area (Å²) < 4.78 is 21.7. The maximum Gasteiger partial charge on any atom is 0.237 e. The third-order valence-electron chi connectivity index (χ3n) is 5.55. The van der Waals surface area contributed by atoms with Crippen LogP contribution in [-0.4, -0.2) is 27.7 Å². The molecule has 2 heterocycles. The van der Waals surface area contributed by atoms with Crippen LogP contribution in [0.3, 0.4) is 0 Å². The number of nitrogens with one attached hydrogen (secondary N) is 1. The molecule has 0 spiro atoms. The molecule has 0 bridgehead atoms. The molecule has 0 fully saturated rings. The topological polar surface area (TPSA) is 64.3 Å². The fraction of sp³-hybridized carbons (Fsp3) is 0.148. The first-order chi connectivity index (χ1) is 17.3. The molecule has 182 valence electrons. The van der Waals surface area contributed by atoms with Crippen LogP contribution in [0, 0.1) is 5.82 Å². The predicted molar refractivity (Wildman–Crippen MR) is 142 cm³/mol. The van der Waals surface area contributed by atoms with Crippen LogP contribution in [0.25, 0.3) is 28.1 Å². The highest BCUT2D eigenvalue weighted by Crippen LogP contribution is 2.33. The standard InChI is InChI=1S/C27H22Cl2FN5O/c1-15(2)32-23-14-26-24(13-22(23)34-21-5-4-10-31-27(21)36-3)33-20-9-6-16(30)11-25(20)35(26)17-7-8-18(28)19(29)12-17/h4-15,34H,1-3H3/b32-23+. The Morgan fingerprint density at radius 3 is 2.58 bits per heavy atom. The molecule has 0 unspecified atom stereocenters. The Kier molecular flexibility index (Phi) is 6.51. The smallest absolute Gasteiger partial charge is 0.237 e. The first-order valence-corrected chi connectivity index (χ1v) is 12.0. The van der Waals surface area contributed by atoms with Gasteiger partial charge in [-0.3, -0.25) is 4.99 Å². The Morgan fingerprint density at radius 1 is 1.00 bits per heavy atom. The Hall–Kier alpha value is -3.68. The van der Waals surface area contributed by atoms with Gasteiger partial charge in [-0.05, 0) is 68.4 Å². The average Bonchev–Trinajstić information content (AvgIpc) is 2.85. The van der Waals surface area contributed by atoms with Crippen LogP contribution in [0.4, 0.5) is 15.8 Å². The summed E-state index contributed by atoms with van der Waals surface area (Å²) in [6, 6.07) is 17.4. The van der Waals surface area contributed by atoms with Gasteiger partial charge in [-0.25, -0.2) is 14.4 Å². The second kappa shape index (κ2) is 9.76. The molecule has 1 aliphatic carbocycles. The minimum atomic E-state index is -0.369. The van der Waals surface area contributed by atoms with Gasteiger partial charge in [-0.15, -0.1) is 0 Å². The van der Waals surface area contributed by atoms with Crippen LogP contribution in [0.1, 0.15) is 13.8 Å². The van der Waals surface area contributed by atoms with Crippen LogP contribution in [0.2, 0.25) is 10.0 Å². The molecular weight excluding hydrogens is 500 g/mol. The number of hydrogen-bond donors (Lipinski definition) is 1. The lowest BCUT2D eigenvalue weighted by Gasteiger charge is -2.21. The van der Waals surface area contributed by atoms with Crippen molar-refractivity contribution in [2.45, 2.75) is 19.9 Å². The van der Waals surface area contributed by atoms with Gasteiger partial charge < -0.3 is 14.6 Å². The Labute approximate surface area is 217 Å². The highest BCUT2D eigenvalue weighted by atomic mass is 35.5. The lowest BCUT2D eigenvalue weighted by molar-refractivity contribution is 0.400. The van der Waals surface area contributed by atoms with E-state index in [1.54, 1.807) is 31.5 Å². The number of aromatic nitrogens is 3. The molecule has 1 aromatic heterocycles. The zero-order valence-corrected chi connectivity index (χ0v) is 21.3. The largest absolute Gasteiger partial charge is 0.480 e. The van der Waals surface area contributed by atoms with Gasteiger partial charge in [0.15, 0.2) is 0 Å². The summed E-state index contributed by atoms with van der Waals surface area (Å²) in [6.45, 7) is 4.00. The van der Waals surface area contributed by atoms with Gasteiger partial charge in [0.1, 0.15) is 11.5 Å². The lowest BCUT2D eigenvalue weighted by Crippen LogP contribution is -2.17. The third kappa shape index (κ3) is 4.59. The summed E-state index contributed by atoms with van der Waals surface area (Å²) in [7, 11) is 1.57. The van der Waals surface area contributed by atoms with Gasteiger partial charge in [0, 0.05) is 24.0 Å². The number of rotatable bonds is 5. The molecule has 0 atom stereocenters. The Balaban J connectivity index is 1.84. The summed E-state index contributed by atoms with van der Waals surface area (Å²) in [5.41, 5.74) is 4.76. The van der Waals surface area contributed by atoms with Crippen molar-refractivity contribution in [2.75, 3.05) is 12.4 Å². The SMILES string of the molecule is COc1ncccc1Nc1cc2nc3ccc(F)cc3n(-c3ccc(Cl)c(Cl)c3)c-2c/c1=N\C(C)C. The number of benzene rings is 3. The summed E-state index contributed by atoms with van der Waals surface area (Å²) in [5, 5.41) is 4.92. The Bertz CT molecular complexity index is 1630. The molecule has 5 rings (SSSR count). The molecular formula is C27H22Cl2FN5O. The van der Waals surface area contributed by atoms with E-state index in [0.717, 1.165) is 17.1 Å². The van der Waals surface area contributed by atoms with Crippen molar-refractivity contribution >= 4 is 45.6 Å². The van der Waals surface area contributed by atoms with Crippen LogP contribution in [0.15, 0.2) is 71.9 Å². The highest BCUT2D eigenvalue weighted by molar-refractivity contribution is 6.42. The van der Waals surface area contributed by atoms with E-state index in [1.165, 1.54) is 12.1 Å². The average molecular weight is 522 g/mol. The van der Waals surface area contributed by atoms with Gasteiger partial charge in [-0.2, -0.15) is 0 Å². The summed E-state index contributed by atoms with van der Waals surface area (Å²) in [4.78, 5) is 13.9. The fourth-order valence-electron chi connectivity index (χ4n) is 4.05. The van der Waals surface area contributed by atoms with Gasteiger partial charge in [0.25, 0.3) is 0 Å². The molecule has 1 aliphatic heterocycles. The second-order valence-electron chi connectivity index (χ2n) is 8.44. The number of fused-ring (bicyclic) bond motifs is 2. The van der Waals surface area contributed by atoms with Crippen molar-refractivity contribution in [3.8, 4) is 23.0 Å². The molecule has 0 radical (unpaired) electrons. The number of pyridine rings is 1. The van der Waals surface area contributed by atoms with E-state index >= 15 is 0 Å². The van der Waals surface area contributed by atoms with Gasteiger partial charge in [0.2, 0.25) is 5.88 Å². The number of ether oxygens (including phenoxy) is 1. The number of nitrogens with zero attached hydrogens (tertiary/aromatic N) is 4. The maximum absolute atomic E-state index is 14.4. The first-order valence-electron chi connectivity index (χ1n) is 11.3. The summed E-state index contributed by atoms with van der Waals surface area (Å²) in [6.07, 6.45) is 1.66. The minimum absolute atomic E-state index is 0.0167. The second-order valence-corrected chi connectivity index (χ2v) is 9.26. The van der Waals surface area contributed by atoms with Crippen molar-refractivity contribution in [2.24, 2.45) is 4.99 Å². The van der Waals surface area contributed by atoms with Crippen LogP contribution in [-0.2, 0) is 0 Å². The predicted octanol–water partition coefficient (Wildman–Crippen LogP) is 7.03. The van der Waals surface area contributed by atoms with E-state index in [0.29, 0.717) is 43.7 Å². The van der Waals surface area contributed by atoms with Crippen molar-refractivity contribution < 1.29 is 9.13 Å². The van der Waals surface area contributed by atoms with Crippen molar-refractivity contribution in [1.29, 1.82) is 0 Å². The number of anilines is 2. The molecule has 2 aliphatic rings. The number of methoxy groups -OCH3 is 1. The molecule has 0 saturated heterocycles. The fourth-order valence-corrected chi connectivity index (χ4v) is 4.34. The molecule has 1 N–H and O–H groups in total. The van der Waals surface area contributed by atoms with Crippen molar-refractivity contribution in [3.63, 3.8) is 0 Å². The van der Waals surface area contributed by atoms with Crippen molar-refractivity contribution in [3.05, 3.63) is 88.1 Å². The normalized spacial score (nSPS) is 12.0. The quantitative estimate of drug-likeness (QED) is 0.252. The van der Waals surface area contributed by atoms with Crippen molar-refractivity contribution in [1.82, 2.24) is 14.5 Å². The van der Waals surface area contributed by atoms with Gasteiger partial charge >= 0.3 is 0 Å². The number of halogens is 3. The van der Waals surface area contributed by atoms with E-state index in [2.05, 4.69) is 10.3 Å². The van der Waals surface area contributed by atoms with Crippen LogP contribution in [0.5, 0.6) is 5.88 Å². The first kappa shape index (κ1) is 24.0. The highest BCUT2D eigenvalue weighted by Gasteiger charge is 2.18. The van der Waals surface area contributed by atoms with E-state index in [1.807, 2.05) is 48.7 Å². The van der Waals surface area contributed by atoms with E-state index in [4.69, 9.17) is 37.9 Å². The molecule has 6 nitrogen and oxygen atoms in total. The lowest BCUT2D eigenvalue weighted by atomic mass is 10.1. The Morgan fingerprint density at radius 2 is 1.83 bits per heavy atom. The maximum atomic E-state index is 14.4. The monoisotopic (exact) mass is 521 g/mol. The molecule has 9 heteroatoms. The third-order valence-corrected chi connectivity index (χ3v) is 6.28. The van der Waals surface area contributed by atoms with E-state index < -0.39 is 0 Å². The zero-order chi connectivity index (χ0) is 25.4. The van der Waals surface area contributed by atoms with Crippen LogP contribution >= 0.6 is 23.2 Å². The molecule has 3 aromatic rings. The van der Waals surface area contributed by atoms with Crippen LogP contribution < -0.4 is 15.4 Å². The molecule has 36 heavy (non-hydrogen) atoms. The van der Waals surface area contributed by atoms with E-state index in [9.17, 15) is 4.39 Å².